The second-order valence-corrected chi connectivity index (χ2v) is 17.4. The summed E-state index contributed by atoms with van der Waals surface area (Å²) in [5.74, 6) is -1.65. The Hall–Kier alpha value is -3.90. The predicted molar refractivity (Wildman–Crippen MR) is 179 cm³/mol. The number of carbonyl (C=O) groups excluding carboxylic acids is 3. The van der Waals surface area contributed by atoms with Crippen LogP contribution in [0.3, 0.4) is 0 Å². The molecule has 0 bridgehead atoms. The monoisotopic (exact) mass is 659 g/mol. The van der Waals surface area contributed by atoms with Gasteiger partial charge in [-0.1, -0.05) is 61.5 Å². The summed E-state index contributed by atoms with van der Waals surface area (Å²) in [7, 11) is -3.50. The summed E-state index contributed by atoms with van der Waals surface area (Å²) in [6.45, 7) is 6.79. The number of hydrogen-bond acceptors (Lipinski definition) is 6. The largest absolute Gasteiger partial charge is 0.394 e. The van der Waals surface area contributed by atoms with Crippen molar-refractivity contribution in [2.24, 2.45) is 5.92 Å². The maximum atomic E-state index is 16.3. The van der Waals surface area contributed by atoms with Crippen LogP contribution in [0.25, 0.3) is 0 Å². The molecule has 3 aliphatic heterocycles. The highest BCUT2D eigenvalue weighted by Gasteiger charge is 2.67. The van der Waals surface area contributed by atoms with Crippen LogP contribution in [-0.4, -0.2) is 66.1 Å². The average Bonchev–Trinajstić information content (AvgIpc) is 3.46. The molecule has 11 heteroatoms. The standard InChI is InChI=1S/C36H42FN3O6Si/c1-22-33(47(3,4)37)31(18-32(43)39-20-26-12-6-5-11-25(26)17-28(39)21-41)46-36(22)29-14-7-8-15-30(29)40(35(36)45)19-24-10-9-13-27(16-24)38-34(44)23(2)42/h5-16,22-23,28,31,33,41-42H,17-21H2,1-4H3,(H,38,44)/t22-,23+,28+,31+,33-,36+/m1/s1. The normalized spacial score (nSPS) is 25.9. The number of fused-ring (bicyclic) bond motifs is 3. The van der Waals surface area contributed by atoms with Crippen molar-refractivity contribution in [3.05, 3.63) is 95.1 Å². The minimum Gasteiger partial charge on any atom is -0.394 e. The molecule has 3 heterocycles. The second-order valence-electron chi connectivity index (χ2n) is 13.6. The van der Waals surface area contributed by atoms with E-state index < -0.39 is 49.6 Å². The van der Waals surface area contributed by atoms with Gasteiger partial charge in [0.15, 0.2) is 5.60 Å². The van der Waals surface area contributed by atoms with Crippen molar-refractivity contribution in [3.63, 3.8) is 0 Å². The lowest BCUT2D eigenvalue weighted by molar-refractivity contribution is -0.151. The van der Waals surface area contributed by atoms with Crippen molar-refractivity contribution >= 4 is 37.5 Å². The topological polar surface area (TPSA) is 119 Å². The third-order valence-electron chi connectivity index (χ3n) is 10.0. The zero-order valence-corrected chi connectivity index (χ0v) is 28.2. The Balaban J connectivity index is 1.31. The number of benzene rings is 3. The van der Waals surface area contributed by atoms with Gasteiger partial charge in [0.05, 0.1) is 37.4 Å². The summed E-state index contributed by atoms with van der Waals surface area (Å²) < 4.78 is 23.1. The fourth-order valence-electron chi connectivity index (χ4n) is 7.87. The minimum absolute atomic E-state index is 0.101. The van der Waals surface area contributed by atoms with Gasteiger partial charge in [0.1, 0.15) is 6.10 Å². The van der Waals surface area contributed by atoms with Crippen LogP contribution in [-0.2, 0) is 44.2 Å². The summed E-state index contributed by atoms with van der Waals surface area (Å²) in [6, 6.07) is 21.9. The second kappa shape index (κ2) is 12.6. The van der Waals surface area contributed by atoms with Crippen LogP contribution in [0.5, 0.6) is 0 Å². The average molecular weight is 660 g/mol. The number of rotatable bonds is 8. The smallest absolute Gasteiger partial charge is 0.264 e. The lowest BCUT2D eigenvalue weighted by Gasteiger charge is -2.37. The van der Waals surface area contributed by atoms with Crippen molar-refractivity contribution in [1.29, 1.82) is 0 Å². The van der Waals surface area contributed by atoms with Gasteiger partial charge in [-0.25, -0.2) is 0 Å². The number of anilines is 2. The van der Waals surface area contributed by atoms with E-state index in [0.717, 1.165) is 16.7 Å². The molecule has 0 aliphatic carbocycles. The van der Waals surface area contributed by atoms with Gasteiger partial charge < -0.3 is 34.2 Å². The molecule has 0 aromatic heterocycles. The Morgan fingerprint density at radius 1 is 1.09 bits per heavy atom. The number of halogens is 1. The molecule has 248 valence electrons. The van der Waals surface area contributed by atoms with E-state index in [-0.39, 0.29) is 31.4 Å². The first-order chi connectivity index (χ1) is 22.3. The fraction of sp³-hybridized carbons (Fsp3) is 0.417. The van der Waals surface area contributed by atoms with E-state index in [4.69, 9.17) is 4.74 Å². The Labute approximate surface area is 275 Å². The number of nitrogens with zero attached hydrogens (tertiary/aromatic N) is 2. The molecule has 3 aliphatic rings. The van der Waals surface area contributed by atoms with Crippen molar-refractivity contribution in [2.45, 2.75) is 82.3 Å². The van der Waals surface area contributed by atoms with Crippen LogP contribution in [0.2, 0.25) is 18.6 Å². The first-order valence-corrected chi connectivity index (χ1v) is 19.1. The molecule has 1 saturated heterocycles. The zero-order valence-electron chi connectivity index (χ0n) is 27.2. The number of aliphatic hydroxyl groups is 2. The molecule has 9 nitrogen and oxygen atoms in total. The summed E-state index contributed by atoms with van der Waals surface area (Å²) in [5, 5.41) is 22.5. The van der Waals surface area contributed by atoms with Crippen LogP contribution in [0.4, 0.5) is 15.5 Å². The van der Waals surface area contributed by atoms with E-state index in [0.29, 0.717) is 29.9 Å². The van der Waals surface area contributed by atoms with Crippen LogP contribution in [0.1, 0.15) is 42.5 Å². The summed E-state index contributed by atoms with van der Waals surface area (Å²) in [5.41, 5.74) is 2.51. The third kappa shape index (κ3) is 5.90. The number of carbonyl (C=O) groups is 3. The van der Waals surface area contributed by atoms with E-state index in [9.17, 15) is 24.6 Å². The number of amides is 3. The Morgan fingerprint density at radius 2 is 1.79 bits per heavy atom. The van der Waals surface area contributed by atoms with Gasteiger partial charge >= 0.3 is 0 Å². The van der Waals surface area contributed by atoms with Crippen LogP contribution >= 0.6 is 0 Å². The van der Waals surface area contributed by atoms with Gasteiger partial charge in [0.25, 0.3) is 11.8 Å². The molecule has 1 spiro atoms. The summed E-state index contributed by atoms with van der Waals surface area (Å²) >= 11 is 0. The lowest BCUT2D eigenvalue weighted by atomic mass is 9.82. The molecule has 0 radical (unpaired) electrons. The van der Waals surface area contributed by atoms with E-state index >= 15 is 4.11 Å². The van der Waals surface area contributed by atoms with Gasteiger partial charge in [-0.3, -0.25) is 14.4 Å². The van der Waals surface area contributed by atoms with Gasteiger partial charge in [0.2, 0.25) is 14.3 Å². The molecular formula is C36H42FN3O6Si. The first-order valence-electron chi connectivity index (χ1n) is 16.2. The van der Waals surface area contributed by atoms with E-state index in [2.05, 4.69) is 5.32 Å². The zero-order chi connectivity index (χ0) is 33.7. The van der Waals surface area contributed by atoms with Gasteiger partial charge in [-0.2, -0.15) is 0 Å². The molecule has 3 N–H and O–H groups in total. The number of nitrogens with one attached hydrogen (secondary N) is 1. The highest BCUT2D eigenvalue weighted by molar-refractivity contribution is 6.72. The highest BCUT2D eigenvalue weighted by atomic mass is 28.4. The SMILES string of the molecule is C[C@H](O)C(=O)Nc1cccc(CN2C(=O)[C@@]3(O[C@@H](CC(=O)N4Cc5ccccc5C[C@H]4CO)[C@H]([Si](C)(C)F)[C@H]3C)c3ccccc32)c1. The van der Waals surface area contributed by atoms with Crippen molar-refractivity contribution in [2.75, 3.05) is 16.8 Å². The fourth-order valence-corrected chi connectivity index (χ4v) is 10.4. The molecule has 6 rings (SSSR count). The van der Waals surface area contributed by atoms with E-state index in [1.54, 1.807) is 41.1 Å². The number of para-hydroxylation sites is 1. The van der Waals surface area contributed by atoms with Gasteiger partial charge in [-0.15, -0.1) is 0 Å². The quantitative estimate of drug-likeness (QED) is 0.239. The highest BCUT2D eigenvalue weighted by Crippen LogP contribution is 2.60. The molecule has 3 aromatic carbocycles. The molecule has 3 amide bonds. The Kier molecular flexibility index (Phi) is 8.86. The predicted octanol–water partition coefficient (Wildman–Crippen LogP) is 4.66. The van der Waals surface area contributed by atoms with E-state index in [1.165, 1.54) is 6.92 Å². The Morgan fingerprint density at radius 3 is 2.49 bits per heavy atom. The first kappa shape index (κ1) is 33.0. The van der Waals surface area contributed by atoms with Gasteiger partial charge in [-0.05, 0) is 61.3 Å². The van der Waals surface area contributed by atoms with Gasteiger partial charge in [0, 0.05) is 29.3 Å². The van der Waals surface area contributed by atoms with E-state index in [1.807, 2.05) is 61.5 Å². The molecule has 0 unspecified atom stereocenters. The van der Waals surface area contributed by atoms with Crippen molar-refractivity contribution < 1.29 is 33.4 Å². The summed E-state index contributed by atoms with van der Waals surface area (Å²) in [6.07, 6.45) is -1.59. The molecule has 1 fully saturated rings. The van der Waals surface area contributed by atoms with Crippen molar-refractivity contribution in [1.82, 2.24) is 4.90 Å². The Bertz CT molecular complexity index is 1690. The maximum Gasteiger partial charge on any atom is 0.264 e. The minimum atomic E-state index is -3.50. The van der Waals surface area contributed by atoms with Crippen LogP contribution < -0.4 is 10.2 Å². The molecule has 0 saturated carbocycles. The number of ether oxygens (including phenoxy) is 1. The summed E-state index contributed by atoms with van der Waals surface area (Å²) in [4.78, 5) is 44.0. The van der Waals surface area contributed by atoms with Crippen LogP contribution in [0.15, 0.2) is 72.8 Å². The molecule has 3 aromatic rings. The molecule has 6 atom stereocenters. The van der Waals surface area contributed by atoms with Crippen LogP contribution in [0, 0.1) is 5.92 Å². The van der Waals surface area contributed by atoms with Crippen molar-refractivity contribution in [3.8, 4) is 0 Å². The molecular weight excluding hydrogens is 617 g/mol. The maximum absolute atomic E-state index is 16.3. The number of hydrogen-bond donors (Lipinski definition) is 3. The molecule has 47 heavy (non-hydrogen) atoms. The number of aliphatic hydroxyl groups excluding tert-OH is 2. The lowest BCUT2D eigenvalue weighted by Crippen LogP contribution is -2.48. The third-order valence-corrected chi connectivity index (χ3v) is 12.5.